The van der Waals surface area contributed by atoms with Gasteiger partial charge in [-0.15, -0.1) is 0 Å². The van der Waals surface area contributed by atoms with Crippen LogP contribution in [0.5, 0.6) is 5.75 Å². The highest BCUT2D eigenvalue weighted by Gasteiger charge is 2.25. The molecule has 0 radical (unpaired) electrons. The predicted molar refractivity (Wildman–Crippen MR) is 132 cm³/mol. The van der Waals surface area contributed by atoms with Crippen LogP contribution in [0.15, 0.2) is 54.9 Å². The van der Waals surface area contributed by atoms with E-state index in [1.165, 1.54) is 0 Å². The number of benzene rings is 2. The standard InChI is InChI=1S/C26H27ClN4O2/c1-5-23(22-14-28-16(3)21-15-29-30-25(21)22)31(4)26(32)18-10-11-20(24(13-18)33-6-2)17-8-7-9-19(27)12-17/h7-15,23H,5-6H2,1-4H3,(H,29,30). The molecule has 1 atom stereocenters. The first-order chi connectivity index (χ1) is 15.9. The zero-order chi connectivity index (χ0) is 23.5. The van der Waals surface area contributed by atoms with Gasteiger partial charge in [0.25, 0.3) is 5.91 Å². The molecule has 2 aromatic heterocycles. The minimum atomic E-state index is -0.156. The molecule has 1 unspecified atom stereocenters. The van der Waals surface area contributed by atoms with Gasteiger partial charge < -0.3 is 9.64 Å². The van der Waals surface area contributed by atoms with Gasteiger partial charge in [0.2, 0.25) is 0 Å². The van der Waals surface area contributed by atoms with E-state index in [0.717, 1.165) is 39.7 Å². The molecule has 1 N–H and O–H groups in total. The molecule has 0 saturated heterocycles. The lowest BCUT2D eigenvalue weighted by Crippen LogP contribution is -2.31. The van der Waals surface area contributed by atoms with Gasteiger partial charge >= 0.3 is 0 Å². The van der Waals surface area contributed by atoms with Gasteiger partial charge in [0.05, 0.1) is 24.4 Å². The fraction of sp³-hybridized carbons (Fsp3) is 0.269. The van der Waals surface area contributed by atoms with Crippen LogP contribution in [-0.4, -0.2) is 39.6 Å². The minimum absolute atomic E-state index is 0.0892. The Morgan fingerprint density at radius 1 is 1.18 bits per heavy atom. The lowest BCUT2D eigenvalue weighted by molar-refractivity contribution is 0.0726. The van der Waals surface area contributed by atoms with Crippen LogP contribution in [0.25, 0.3) is 22.0 Å². The molecule has 0 aliphatic rings. The van der Waals surface area contributed by atoms with Crippen LogP contribution in [-0.2, 0) is 0 Å². The van der Waals surface area contributed by atoms with Crippen LogP contribution >= 0.6 is 11.6 Å². The van der Waals surface area contributed by atoms with Crippen molar-refractivity contribution in [1.82, 2.24) is 20.1 Å². The number of nitrogens with one attached hydrogen (secondary N) is 1. The maximum absolute atomic E-state index is 13.5. The van der Waals surface area contributed by atoms with Crippen molar-refractivity contribution in [3.8, 4) is 16.9 Å². The van der Waals surface area contributed by atoms with E-state index in [2.05, 4.69) is 22.1 Å². The summed E-state index contributed by atoms with van der Waals surface area (Å²) in [4.78, 5) is 19.8. The van der Waals surface area contributed by atoms with Crippen LogP contribution in [0.4, 0.5) is 0 Å². The SMILES string of the molecule is CCOc1cc(C(=O)N(C)C(CC)c2cnc(C)c3cn[nH]c23)ccc1-c1cccc(Cl)c1. The van der Waals surface area contributed by atoms with E-state index in [1.807, 2.05) is 69.6 Å². The average Bonchev–Trinajstić information content (AvgIpc) is 3.31. The number of aryl methyl sites for hydroxylation is 1. The number of aromatic amines is 1. The number of pyridine rings is 1. The van der Waals surface area contributed by atoms with Crippen molar-refractivity contribution >= 4 is 28.4 Å². The van der Waals surface area contributed by atoms with Crippen molar-refractivity contribution in [3.05, 3.63) is 76.7 Å². The number of nitrogens with zero attached hydrogens (tertiary/aromatic N) is 3. The second-order valence-electron chi connectivity index (χ2n) is 7.95. The van der Waals surface area contributed by atoms with Gasteiger partial charge in [-0.25, -0.2) is 0 Å². The Kier molecular flexibility index (Phi) is 6.65. The first-order valence-electron chi connectivity index (χ1n) is 11.0. The van der Waals surface area contributed by atoms with Gasteiger partial charge in [-0.1, -0.05) is 30.7 Å². The number of aromatic nitrogens is 3. The van der Waals surface area contributed by atoms with E-state index in [0.29, 0.717) is 22.9 Å². The summed E-state index contributed by atoms with van der Waals surface area (Å²) in [6.07, 6.45) is 4.35. The van der Waals surface area contributed by atoms with E-state index in [9.17, 15) is 4.79 Å². The molecule has 6 nitrogen and oxygen atoms in total. The number of ether oxygens (including phenoxy) is 1. The topological polar surface area (TPSA) is 71.1 Å². The van der Waals surface area contributed by atoms with Crippen LogP contribution in [0, 0.1) is 6.92 Å². The van der Waals surface area contributed by atoms with Crippen LogP contribution < -0.4 is 4.74 Å². The molecule has 170 valence electrons. The molecule has 33 heavy (non-hydrogen) atoms. The van der Waals surface area contributed by atoms with E-state index in [-0.39, 0.29) is 11.9 Å². The number of amides is 1. The van der Waals surface area contributed by atoms with Crippen LogP contribution in [0.3, 0.4) is 0 Å². The van der Waals surface area contributed by atoms with E-state index >= 15 is 0 Å². The number of carbonyl (C=O) groups excluding carboxylic acids is 1. The van der Waals surface area contributed by atoms with Crippen molar-refractivity contribution in [3.63, 3.8) is 0 Å². The molecular formula is C26H27ClN4O2. The Labute approximate surface area is 198 Å². The number of fused-ring (bicyclic) bond motifs is 1. The Morgan fingerprint density at radius 2 is 2.00 bits per heavy atom. The Bertz CT molecular complexity index is 1300. The molecule has 0 fully saturated rings. The molecule has 0 saturated carbocycles. The van der Waals surface area contributed by atoms with Crippen LogP contribution in [0.2, 0.25) is 5.02 Å². The molecule has 2 heterocycles. The number of carbonyl (C=O) groups is 1. The highest BCUT2D eigenvalue weighted by atomic mass is 35.5. The van der Waals surface area contributed by atoms with Crippen molar-refractivity contribution in [1.29, 1.82) is 0 Å². The third kappa shape index (κ3) is 4.44. The van der Waals surface area contributed by atoms with Crippen molar-refractivity contribution < 1.29 is 9.53 Å². The lowest BCUT2D eigenvalue weighted by Gasteiger charge is -2.28. The molecule has 0 spiro atoms. The number of halogens is 1. The normalized spacial score (nSPS) is 12.0. The van der Waals surface area contributed by atoms with Gasteiger partial charge in [-0.2, -0.15) is 5.10 Å². The number of rotatable bonds is 7. The van der Waals surface area contributed by atoms with E-state index in [4.69, 9.17) is 16.3 Å². The second-order valence-corrected chi connectivity index (χ2v) is 8.39. The molecule has 0 aliphatic carbocycles. The van der Waals surface area contributed by atoms with E-state index < -0.39 is 0 Å². The van der Waals surface area contributed by atoms with Crippen molar-refractivity contribution in [2.24, 2.45) is 0 Å². The summed E-state index contributed by atoms with van der Waals surface area (Å²) in [5.41, 5.74) is 5.17. The van der Waals surface area contributed by atoms with Crippen LogP contribution in [0.1, 0.15) is 47.9 Å². The zero-order valence-corrected chi connectivity index (χ0v) is 20.0. The maximum atomic E-state index is 13.5. The first kappa shape index (κ1) is 22.8. The monoisotopic (exact) mass is 462 g/mol. The fourth-order valence-corrected chi connectivity index (χ4v) is 4.40. The van der Waals surface area contributed by atoms with E-state index in [1.54, 1.807) is 11.1 Å². The van der Waals surface area contributed by atoms with Crippen molar-refractivity contribution in [2.45, 2.75) is 33.2 Å². The highest BCUT2D eigenvalue weighted by molar-refractivity contribution is 6.30. The smallest absolute Gasteiger partial charge is 0.254 e. The second kappa shape index (κ2) is 9.63. The molecule has 1 amide bonds. The lowest BCUT2D eigenvalue weighted by atomic mass is 9.99. The Hall–Kier alpha value is -3.38. The predicted octanol–water partition coefficient (Wildman–Crippen LogP) is 6.21. The fourth-order valence-electron chi connectivity index (χ4n) is 4.21. The third-order valence-corrected chi connectivity index (χ3v) is 6.15. The van der Waals surface area contributed by atoms with Gasteiger partial charge in [-0.3, -0.25) is 14.9 Å². The summed E-state index contributed by atoms with van der Waals surface area (Å²) in [7, 11) is 1.82. The molecule has 2 aromatic carbocycles. The summed E-state index contributed by atoms with van der Waals surface area (Å²) in [6.45, 7) is 6.43. The largest absolute Gasteiger partial charge is 0.493 e. The summed E-state index contributed by atoms with van der Waals surface area (Å²) in [6, 6.07) is 13.0. The average molecular weight is 463 g/mol. The highest BCUT2D eigenvalue weighted by Crippen LogP contribution is 2.34. The minimum Gasteiger partial charge on any atom is -0.493 e. The van der Waals surface area contributed by atoms with Gasteiger partial charge in [0.1, 0.15) is 5.75 Å². The Balaban J connectivity index is 1.69. The Morgan fingerprint density at radius 3 is 2.73 bits per heavy atom. The van der Waals surface area contributed by atoms with Gasteiger partial charge in [0.15, 0.2) is 0 Å². The summed E-state index contributed by atoms with van der Waals surface area (Å²) in [5, 5.41) is 8.88. The summed E-state index contributed by atoms with van der Waals surface area (Å²) in [5.74, 6) is 0.564. The maximum Gasteiger partial charge on any atom is 0.254 e. The summed E-state index contributed by atoms with van der Waals surface area (Å²) < 4.78 is 5.90. The molecule has 7 heteroatoms. The van der Waals surface area contributed by atoms with Crippen molar-refractivity contribution in [2.75, 3.05) is 13.7 Å². The number of hydrogen-bond donors (Lipinski definition) is 1. The third-order valence-electron chi connectivity index (χ3n) is 5.91. The van der Waals surface area contributed by atoms with Gasteiger partial charge in [-0.05, 0) is 56.2 Å². The molecule has 0 aliphatic heterocycles. The quantitative estimate of drug-likeness (QED) is 0.354. The molecular weight excluding hydrogens is 436 g/mol. The summed E-state index contributed by atoms with van der Waals surface area (Å²) >= 11 is 6.19. The molecule has 0 bridgehead atoms. The number of H-pyrrole nitrogens is 1. The zero-order valence-electron chi connectivity index (χ0n) is 19.2. The van der Waals surface area contributed by atoms with Gasteiger partial charge in [0, 0.05) is 46.0 Å². The molecule has 4 aromatic rings. The first-order valence-corrected chi connectivity index (χ1v) is 11.4. The molecule has 4 rings (SSSR count). The number of hydrogen-bond acceptors (Lipinski definition) is 4.